The van der Waals surface area contributed by atoms with Gasteiger partial charge in [0, 0.05) is 6.04 Å². The van der Waals surface area contributed by atoms with Crippen LogP contribution in [0.1, 0.15) is 79.6 Å². The van der Waals surface area contributed by atoms with Gasteiger partial charge in [-0.05, 0) is 68.4 Å². The van der Waals surface area contributed by atoms with E-state index in [1.54, 1.807) is 0 Å². The Morgan fingerprint density at radius 1 is 1.14 bits per heavy atom. The molecule has 1 N–H and O–H groups in total. The number of rotatable bonds is 3. The lowest BCUT2D eigenvalue weighted by Gasteiger charge is -2.45. The van der Waals surface area contributed by atoms with E-state index in [2.05, 4.69) is 39.5 Å². The molecule has 3 atom stereocenters. The number of aliphatic hydroxyl groups excluding tert-OH is 1. The minimum absolute atomic E-state index is 0.102. The summed E-state index contributed by atoms with van der Waals surface area (Å²) in [6.07, 6.45) is 8.44. The zero-order valence-electron chi connectivity index (χ0n) is 15.0. The lowest BCUT2D eigenvalue weighted by atomic mass is 9.67. The van der Waals surface area contributed by atoms with Gasteiger partial charge in [-0.3, -0.25) is 4.90 Å². The summed E-state index contributed by atoms with van der Waals surface area (Å²) in [7, 11) is 0. The Morgan fingerprint density at radius 2 is 1.86 bits per heavy atom. The standard InChI is InChI=1S/C19H37NO/c1-6-19(4,5)15-8-9-17(21)16(14-15)20-12-7-10-18(2,3)11-13-20/h15-17,21H,6-14H2,1-5H3. The number of hydrogen-bond acceptors (Lipinski definition) is 2. The summed E-state index contributed by atoms with van der Waals surface area (Å²) in [5, 5.41) is 10.6. The molecule has 1 aliphatic carbocycles. The van der Waals surface area contributed by atoms with Crippen LogP contribution in [0, 0.1) is 16.7 Å². The van der Waals surface area contributed by atoms with Gasteiger partial charge >= 0.3 is 0 Å². The summed E-state index contributed by atoms with van der Waals surface area (Å²) in [5.74, 6) is 0.771. The fourth-order valence-corrected chi connectivity index (χ4v) is 4.30. The normalized spacial score (nSPS) is 35.4. The molecule has 3 unspecified atom stereocenters. The van der Waals surface area contributed by atoms with Crippen LogP contribution in [0.2, 0.25) is 0 Å². The highest BCUT2D eigenvalue weighted by atomic mass is 16.3. The highest BCUT2D eigenvalue weighted by molar-refractivity contribution is 4.93. The molecule has 2 aliphatic rings. The molecule has 1 aliphatic heterocycles. The van der Waals surface area contributed by atoms with Crippen molar-refractivity contribution in [3.8, 4) is 0 Å². The van der Waals surface area contributed by atoms with Crippen molar-refractivity contribution in [1.82, 2.24) is 4.90 Å². The third kappa shape index (κ3) is 4.22. The zero-order chi connectivity index (χ0) is 15.7. The Bertz CT molecular complexity index is 336. The van der Waals surface area contributed by atoms with Crippen molar-refractivity contribution in [2.24, 2.45) is 16.7 Å². The Hall–Kier alpha value is -0.0800. The van der Waals surface area contributed by atoms with Crippen LogP contribution in [0.15, 0.2) is 0 Å². The van der Waals surface area contributed by atoms with Gasteiger partial charge in [-0.25, -0.2) is 0 Å². The van der Waals surface area contributed by atoms with Crippen LogP contribution in [0.25, 0.3) is 0 Å². The van der Waals surface area contributed by atoms with Gasteiger partial charge in [0.05, 0.1) is 6.10 Å². The van der Waals surface area contributed by atoms with Crippen molar-refractivity contribution < 1.29 is 5.11 Å². The van der Waals surface area contributed by atoms with Gasteiger partial charge in [0.15, 0.2) is 0 Å². The van der Waals surface area contributed by atoms with Crippen LogP contribution in [0.3, 0.4) is 0 Å². The predicted octanol–water partition coefficient (Wildman–Crippen LogP) is 4.46. The average molecular weight is 296 g/mol. The minimum atomic E-state index is -0.102. The van der Waals surface area contributed by atoms with Crippen LogP contribution in [0.4, 0.5) is 0 Å². The molecule has 2 heteroatoms. The van der Waals surface area contributed by atoms with Gasteiger partial charge in [0.1, 0.15) is 0 Å². The highest BCUT2D eigenvalue weighted by Crippen LogP contribution is 2.42. The smallest absolute Gasteiger partial charge is 0.0695 e. The molecule has 1 saturated carbocycles. The molecule has 0 bridgehead atoms. The number of nitrogens with zero attached hydrogens (tertiary/aromatic N) is 1. The first kappa shape index (κ1) is 17.3. The summed E-state index contributed by atoms with van der Waals surface area (Å²) in [4.78, 5) is 2.62. The molecule has 0 radical (unpaired) electrons. The van der Waals surface area contributed by atoms with Crippen molar-refractivity contribution in [2.75, 3.05) is 13.1 Å². The van der Waals surface area contributed by atoms with E-state index in [9.17, 15) is 5.11 Å². The lowest BCUT2D eigenvalue weighted by molar-refractivity contribution is -0.0205. The molecule has 0 aromatic heterocycles. The highest BCUT2D eigenvalue weighted by Gasteiger charge is 2.39. The van der Waals surface area contributed by atoms with Gasteiger partial charge in [-0.2, -0.15) is 0 Å². The van der Waals surface area contributed by atoms with E-state index in [1.165, 1.54) is 51.6 Å². The van der Waals surface area contributed by atoms with Gasteiger partial charge in [0.2, 0.25) is 0 Å². The molecule has 1 heterocycles. The largest absolute Gasteiger partial charge is 0.391 e. The van der Waals surface area contributed by atoms with E-state index >= 15 is 0 Å². The van der Waals surface area contributed by atoms with Crippen LogP contribution >= 0.6 is 0 Å². The lowest BCUT2D eigenvalue weighted by Crippen LogP contribution is -2.49. The Kier molecular flexibility index (Phi) is 5.41. The topological polar surface area (TPSA) is 23.5 Å². The van der Waals surface area contributed by atoms with E-state index in [0.29, 0.717) is 16.9 Å². The van der Waals surface area contributed by atoms with Gasteiger partial charge in [-0.1, -0.05) is 41.0 Å². The minimum Gasteiger partial charge on any atom is -0.391 e. The van der Waals surface area contributed by atoms with Crippen LogP contribution in [-0.4, -0.2) is 35.2 Å². The summed E-state index contributed by atoms with van der Waals surface area (Å²) in [6, 6.07) is 0.406. The monoisotopic (exact) mass is 295 g/mol. The van der Waals surface area contributed by atoms with E-state index in [-0.39, 0.29) is 6.10 Å². The summed E-state index contributed by atoms with van der Waals surface area (Å²) < 4.78 is 0. The molecule has 0 spiro atoms. The van der Waals surface area contributed by atoms with Crippen LogP contribution in [0.5, 0.6) is 0 Å². The van der Waals surface area contributed by atoms with Gasteiger partial charge in [-0.15, -0.1) is 0 Å². The van der Waals surface area contributed by atoms with E-state index in [1.807, 2.05) is 0 Å². The zero-order valence-corrected chi connectivity index (χ0v) is 15.0. The van der Waals surface area contributed by atoms with Crippen molar-refractivity contribution in [1.29, 1.82) is 0 Å². The van der Waals surface area contributed by atoms with Crippen molar-refractivity contribution in [2.45, 2.75) is 91.7 Å². The molecule has 21 heavy (non-hydrogen) atoms. The average Bonchev–Trinajstić information content (AvgIpc) is 2.60. The third-order valence-electron chi connectivity index (χ3n) is 6.64. The summed E-state index contributed by atoms with van der Waals surface area (Å²) in [5.41, 5.74) is 0.903. The van der Waals surface area contributed by atoms with Crippen molar-refractivity contribution in [3.05, 3.63) is 0 Å². The molecule has 2 nitrogen and oxygen atoms in total. The summed E-state index contributed by atoms with van der Waals surface area (Å²) in [6.45, 7) is 14.3. The molecule has 0 aromatic carbocycles. The van der Waals surface area contributed by atoms with Gasteiger partial charge < -0.3 is 5.11 Å². The molecule has 1 saturated heterocycles. The number of aliphatic hydroxyl groups is 1. The second kappa shape index (κ2) is 6.58. The molecular formula is C19H37NO. The first-order chi connectivity index (χ1) is 9.75. The van der Waals surface area contributed by atoms with E-state index < -0.39 is 0 Å². The van der Waals surface area contributed by atoms with Crippen molar-refractivity contribution >= 4 is 0 Å². The van der Waals surface area contributed by atoms with E-state index in [4.69, 9.17) is 0 Å². The maximum Gasteiger partial charge on any atom is 0.0695 e. The van der Waals surface area contributed by atoms with E-state index in [0.717, 1.165) is 12.3 Å². The maximum absolute atomic E-state index is 10.6. The molecule has 0 amide bonds. The fourth-order valence-electron chi connectivity index (χ4n) is 4.30. The Labute approximate surface area is 132 Å². The first-order valence-electron chi connectivity index (χ1n) is 9.17. The second-order valence-electron chi connectivity index (χ2n) is 9.04. The Balaban J connectivity index is 2.03. The molecule has 124 valence electrons. The maximum atomic E-state index is 10.6. The fraction of sp³-hybridized carbons (Fsp3) is 1.00. The second-order valence-corrected chi connectivity index (χ2v) is 9.04. The number of likely N-dealkylation sites (tertiary alicyclic amines) is 1. The SMILES string of the molecule is CCC(C)(C)C1CCC(O)C(N2CCCC(C)(C)CC2)C1. The summed E-state index contributed by atoms with van der Waals surface area (Å²) >= 11 is 0. The molecule has 0 aromatic rings. The first-order valence-corrected chi connectivity index (χ1v) is 9.17. The van der Waals surface area contributed by atoms with Crippen LogP contribution in [-0.2, 0) is 0 Å². The molecule has 2 fully saturated rings. The Morgan fingerprint density at radius 3 is 2.52 bits per heavy atom. The predicted molar refractivity (Wildman–Crippen MR) is 90.4 cm³/mol. The third-order valence-corrected chi connectivity index (χ3v) is 6.64. The quantitative estimate of drug-likeness (QED) is 0.830. The van der Waals surface area contributed by atoms with Crippen molar-refractivity contribution in [3.63, 3.8) is 0 Å². The number of hydrogen-bond donors (Lipinski definition) is 1. The molecule has 2 rings (SSSR count). The van der Waals surface area contributed by atoms with Gasteiger partial charge in [0.25, 0.3) is 0 Å². The van der Waals surface area contributed by atoms with Crippen LogP contribution < -0.4 is 0 Å². The molecular weight excluding hydrogens is 258 g/mol.